The number of benzene rings is 1. The average molecular weight is 244 g/mol. The second-order valence-electron chi connectivity index (χ2n) is 2.64. The van der Waals surface area contributed by atoms with Crippen LogP contribution in [0.1, 0.15) is 12.5 Å². The summed E-state index contributed by atoms with van der Waals surface area (Å²) in [6.45, 7) is 1.35. The lowest BCUT2D eigenvalue weighted by molar-refractivity contribution is -0.114. The largest absolute Gasteiger partial charge is 0.392 e. The molecular formula is C9H10BrNO2. The van der Waals surface area contributed by atoms with Gasteiger partial charge in [0.1, 0.15) is 0 Å². The van der Waals surface area contributed by atoms with Crippen LogP contribution in [0.25, 0.3) is 0 Å². The molecule has 70 valence electrons. The molecule has 0 heterocycles. The molecule has 4 heteroatoms. The highest BCUT2D eigenvalue weighted by molar-refractivity contribution is 9.10. The molecule has 0 saturated heterocycles. The fraction of sp³-hybridized carbons (Fsp3) is 0.222. The summed E-state index contributed by atoms with van der Waals surface area (Å²) in [6.07, 6.45) is 0. The Morgan fingerprint density at radius 1 is 1.62 bits per heavy atom. The van der Waals surface area contributed by atoms with E-state index in [0.717, 1.165) is 4.47 Å². The molecule has 0 radical (unpaired) electrons. The Morgan fingerprint density at radius 3 is 2.85 bits per heavy atom. The molecule has 3 nitrogen and oxygen atoms in total. The van der Waals surface area contributed by atoms with Gasteiger partial charge in [-0.3, -0.25) is 4.79 Å². The minimum atomic E-state index is -0.142. The average Bonchev–Trinajstić information content (AvgIpc) is 2.07. The van der Waals surface area contributed by atoms with Gasteiger partial charge in [-0.1, -0.05) is 15.9 Å². The van der Waals surface area contributed by atoms with E-state index in [2.05, 4.69) is 21.2 Å². The zero-order chi connectivity index (χ0) is 9.84. The van der Waals surface area contributed by atoms with Crippen molar-refractivity contribution >= 4 is 27.5 Å². The molecule has 0 unspecified atom stereocenters. The first-order chi connectivity index (χ1) is 6.13. The maximum Gasteiger partial charge on any atom is 0.221 e. The number of hydrogen-bond acceptors (Lipinski definition) is 2. The van der Waals surface area contributed by atoms with Crippen LogP contribution in [-0.2, 0) is 11.4 Å². The van der Waals surface area contributed by atoms with Crippen molar-refractivity contribution in [1.82, 2.24) is 0 Å². The smallest absolute Gasteiger partial charge is 0.221 e. The normalized spacial score (nSPS) is 9.77. The zero-order valence-corrected chi connectivity index (χ0v) is 8.76. The Labute approximate surface area is 84.9 Å². The lowest BCUT2D eigenvalue weighted by atomic mass is 10.2. The van der Waals surface area contributed by atoms with Crippen molar-refractivity contribution in [3.8, 4) is 0 Å². The van der Waals surface area contributed by atoms with Crippen LogP contribution >= 0.6 is 15.9 Å². The summed E-state index contributed by atoms with van der Waals surface area (Å²) in [6, 6.07) is 5.33. The minimum Gasteiger partial charge on any atom is -0.392 e. The van der Waals surface area contributed by atoms with Crippen molar-refractivity contribution in [3.05, 3.63) is 28.2 Å². The summed E-state index contributed by atoms with van der Waals surface area (Å²) in [7, 11) is 0. The topological polar surface area (TPSA) is 49.3 Å². The van der Waals surface area contributed by atoms with Gasteiger partial charge in [0.25, 0.3) is 0 Å². The summed E-state index contributed by atoms with van der Waals surface area (Å²) in [5, 5.41) is 11.6. The first-order valence-corrected chi connectivity index (χ1v) is 4.59. The van der Waals surface area contributed by atoms with Gasteiger partial charge in [0.05, 0.1) is 6.61 Å². The Hall–Kier alpha value is -0.870. The fourth-order valence-electron chi connectivity index (χ4n) is 1.00. The van der Waals surface area contributed by atoms with Gasteiger partial charge in [0, 0.05) is 22.6 Å². The SMILES string of the molecule is CC(=O)Nc1ccc(Br)cc1CO. The Kier molecular flexibility index (Phi) is 3.45. The molecule has 0 atom stereocenters. The number of carbonyl (C=O) groups excluding carboxylic acids is 1. The summed E-state index contributed by atoms with van der Waals surface area (Å²) in [5.41, 5.74) is 1.35. The van der Waals surface area contributed by atoms with E-state index in [1.165, 1.54) is 6.92 Å². The van der Waals surface area contributed by atoms with E-state index in [4.69, 9.17) is 5.11 Å². The quantitative estimate of drug-likeness (QED) is 0.834. The zero-order valence-electron chi connectivity index (χ0n) is 7.17. The predicted octanol–water partition coefficient (Wildman–Crippen LogP) is 1.90. The molecule has 0 fully saturated rings. The number of halogens is 1. The van der Waals surface area contributed by atoms with Crippen LogP contribution in [0.5, 0.6) is 0 Å². The van der Waals surface area contributed by atoms with Gasteiger partial charge in [0.2, 0.25) is 5.91 Å². The van der Waals surface area contributed by atoms with Crippen molar-refractivity contribution < 1.29 is 9.90 Å². The number of amides is 1. The van der Waals surface area contributed by atoms with Gasteiger partial charge in [-0.15, -0.1) is 0 Å². The van der Waals surface area contributed by atoms with Crippen LogP contribution in [0.3, 0.4) is 0 Å². The summed E-state index contributed by atoms with van der Waals surface area (Å²) in [4.78, 5) is 10.8. The van der Waals surface area contributed by atoms with Crippen LogP contribution in [-0.4, -0.2) is 11.0 Å². The molecule has 0 spiro atoms. The predicted molar refractivity (Wildman–Crippen MR) is 54.4 cm³/mol. The number of carbonyl (C=O) groups is 1. The molecule has 1 aromatic carbocycles. The van der Waals surface area contributed by atoms with E-state index in [1.54, 1.807) is 12.1 Å². The number of nitrogens with one attached hydrogen (secondary N) is 1. The lowest BCUT2D eigenvalue weighted by Gasteiger charge is -2.07. The molecule has 0 aliphatic heterocycles. The molecule has 1 amide bonds. The van der Waals surface area contributed by atoms with Crippen molar-refractivity contribution in [1.29, 1.82) is 0 Å². The number of anilines is 1. The summed E-state index contributed by atoms with van der Waals surface area (Å²) >= 11 is 3.28. The third-order valence-electron chi connectivity index (χ3n) is 1.55. The van der Waals surface area contributed by atoms with E-state index >= 15 is 0 Å². The fourth-order valence-corrected chi connectivity index (χ4v) is 1.41. The molecule has 1 rings (SSSR count). The maximum atomic E-state index is 10.8. The molecular weight excluding hydrogens is 234 g/mol. The second-order valence-corrected chi connectivity index (χ2v) is 3.56. The monoisotopic (exact) mass is 243 g/mol. The molecule has 2 N–H and O–H groups in total. The molecule has 0 aliphatic rings. The third-order valence-corrected chi connectivity index (χ3v) is 2.04. The Morgan fingerprint density at radius 2 is 2.31 bits per heavy atom. The van der Waals surface area contributed by atoms with E-state index in [9.17, 15) is 4.79 Å². The van der Waals surface area contributed by atoms with Gasteiger partial charge < -0.3 is 10.4 Å². The van der Waals surface area contributed by atoms with Crippen LogP contribution in [0, 0.1) is 0 Å². The lowest BCUT2D eigenvalue weighted by Crippen LogP contribution is -2.08. The van der Waals surface area contributed by atoms with Crippen LogP contribution in [0.4, 0.5) is 5.69 Å². The van der Waals surface area contributed by atoms with E-state index in [-0.39, 0.29) is 12.5 Å². The summed E-state index contributed by atoms with van der Waals surface area (Å²) in [5.74, 6) is -0.142. The van der Waals surface area contributed by atoms with Crippen LogP contribution < -0.4 is 5.32 Å². The molecule has 13 heavy (non-hydrogen) atoms. The highest BCUT2D eigenvalue weighted by Gasteiger charge is 2.02. The highest BCUT2D eigenvalue weighted by Crippen LogP contribution is 2.20. The standard InChI is InChI=1S/C9H10BrNO2/c1-6(13)11-9-3-2-8(10)4-7(9)5-12/h2-4,12H,5H2,1H3,(H,11,13). The highest BCUT2D eigenvalue weighted by atomic mass is 79.9. The number of aliphatic hydroxyl groups excluding tert-OH is 1. The van der Waals surface area contributed by atoms with Gasteiger partial charge in [-0.25, -0.2) is 0 Å². The van der Waals surface area contributed by atoms with E-state index in [0.29, 0.717) is 11.3 Å². The van der Waals surface area contributed by atoms with Crippen molar-refractivity contribution in [2.45, 2.75) is 13.5 Å². The molecule has 0 aliphatic carbocycles. The molecule has 1 aromatic rings. The molecule has 0 aromatic heterocycles. The molecule has 0 saturated carbocycles. The van der Waals surface area contributed by atoms with Gasteiger partial charge >= 0.3 is 0 Å². The Balaban J connectivity index is 2.99. The minimum absolute atomic E-state index is 0.0882. The molecule has 0 bridgehead atoms. The van der Waals surface area contributed by atoms with Gasteiger partial charge in [-0.2, -0.15) is 0 Å². The van der Waals surface area contributed by atoms with Crippen molar-refractivity contribution in [2.75, 3.05) is 5.32 Å². The Bertz CT molecular complexity index is 325. The van der Waals surface area contributed by atoms with Crippen molar-refractivity contribution in [2.24, 2.45) is 0 Å². The first-order valence-electron chi connectivity index (χ1n) is 3.80. The maximum absolute atomic E-state index is 10.8. The van der Waals surface area contributed by atoms with E-state index < -0.39 is 0 Å². The summed E-state index contributed by atoms with van der Waals surface area (Å²) < 4.78 is 0.880. The van der Waals surface area contributed by atoms with Crippen LogP contribution in [0.2, 0.25) is 0 Å². The number of rotatable bonds is 2. The first kappa shape index (κ1) is 10.2. The third kappa shape index (κ3) is 2.82. The van der Waals surface area contributed by atoms with Gasteiger partial charge in [0.15, 0.2) is 0 Å². The van der Waals surface area contributed by atoms with E-state index in [1.807, 2.05) is 6.07 Å². The number of aliphatic hydroxyl groups is 1. The van der Waals surface area contributed by atoms with Crippen molar-refractivity contribution in [3.63, 3.8) is 0 Å². The van der Waals surface area contributed by atoms with Crippen LogP contribution in [0.15, 0.2) is 22.7 Å². The van der Waals surface area contributed by atoms with Gasteiger partial charge in [-0.05, 0) is 18.2 Å². The number of hydrogen-bond donors (Lipinski definition) is 2. The second kappa shape index (κ2) is 4.39.